The standard InChI is InChI=1S/C27H28N2O7S/c1-33-23-7-4-3-6-19(23)21-14-17(34-15-18-16-35-26-24(36-18)8-5-12-28-26)9-10-20(21)25(30)29-22(27(31)32)11-13-37-2/h3-10,12,14,18,22H,11,13,15-16H2,1-2H3,(H,29,30)(H,31,32)/t18-,22+/m0/s1. The monoisotopic (exact) mass is 524 g/mol. The highest BCUT2D eigenvalue weighted by Gasteiger charge is 2.25. The summed E-state index contributed by atoms with van der Waals surface area (Å²) in [4.78, 5) is 29.1. The molecule has 1 aromatic heterocycles. The van der Waals surface area contributed by atoms with Crippen molar-refractivity contribution in [2.75, 3.05) is 32.3 Å². The minimum atomic E-state index is -1.08. The van der Waals surface area contributed by atoms with Crippen LogP contribution in [-0.4, -0.2) is 66.4 Å². The van der Waals surface area contributed by atoms with Gasteiger partial charge in [0, 0.05) is 22.9 Å². The molecule has 4 rings (SSSR count). The summed E-state index contributed by atoms with van der Waals surface area (Å²) >= 11 is 1.52. The van der Waals surface area contributed by atoms with E-state index in [2.05, 4.69) is 10.3 Å². The third-order valence-corrected chi connectivity index (χ3v) is 6.36. The molecule has 0 bridgehead atoms. The van der Waals surface area contributed by atoms with Gasteiger partial charge >= 0.3 is 5.97 Å². The lowest BCUT2D eigenvalue weighted by molar-refractivity contribution is -0.139. The number of pyridine rings is 1. The van der Waals surface area contributed by atoms with E-state index in [1.54, 1.807) is 49.7 Å². The predicted molar refractivity (Wildman–Crippen MR) is 140 cm³/mol. The molecule has 3 aromatic rings. The zero-order valence-corrected chi connectivity index (χ0v) is 21.3. The SMILES string of the molecule is COc1ccccc1-c1cc(OC[C@H]2COc3ncccc3O2)ccc1C(=O)N[C@H](CCSC)C(=O)O. The van der Waals surface area contributed by atoms with Crippen LogP contribution in [-0.2, 0) is 4.79 Å². The summed E-state index contributed by atoms with van der Waals surface area (Å²) in [5.74, 6) is 1.12. The highest BCUT2D eigenvalue weighted by atomic mass is 32.2. The van der Waals surface area contributed by atoms with Gasteiger partial charge in [-0.15, -0.1) is 0 Å². The number of hydrogen-bond acceptors (Lipinski definition) is 8. The summed E-state index contributed by atoms with van der Waals surface area (Å²) in [6.07, 6.45) is 3.49. The Morgan fingerprint density at radius 2 is 2.03 bits per heavy atom. The first-order chi connectivity index (χ1) is 18.0. The average Bonchev–Trinajstić information content (AvgIpc) is 2.93. The maximum absolute atomic E-state index is 13.2. The number of nitrogens with zero attached hydrogens (tertiary/aromatic N) is 1. The number of fused-ring (bicyclic) bond motifs is 1. The van der Waals surface area contributed by atoms with Gasteiger partial charge in [0.05, 0.1) is 7.11 Å². The van der Waals surface area contributed by atoms with Gasteiger partial charge in [-0.1, -0.05) is 18.2 Å². The van der Waals surface area contributed by atoms with Crippen LogP contribution in [0.15, 0.2) is 60.8 Å². The van der Waals surface area contributed by atoms with Gasteiger partial charge in [-0.05, 0) is 54.8 Å². The Morgan fingerprint density at radius 3 is 2.81 bits per heavy atom. The van der Waals surface area contributed by atoms with Crippen LogP contribution in [0, 0.1) is 0 Å². The lowest BCUT2D eigenvalue weighted by Gasteiger charge is -2.25. The molecule has 0 radical (unpaired) electrons. The third-order valence-electron chi connectivity index (χ3n) is 5.72. The second-order valence-corrected chi connectivity index (χ2v) is 9.21. The number of aliphatic carboxylic acids is 1. The normalized spacial score (nSPS) is 14.9. The Morgan fingerprint density at radius 1 is 1.19 bits per heavy atom. The summed E-state index contributed by atoms with van der Waals surface area (Å²) < 4.78 is 23.1. The number of thioether (sulfide) groups is 1. The molecule has 0 aliphatic carbocycles. The van der Waals surface area contributed by atoms with Crippen LogP contribution in [0.2, 0.25) is 0 Å². The summed E-state index contributed by atoms with van der Waals surface area (Å²) in [6.45, 7) is 0.498. The van der Waals surface area contributed by atoms with Gasteiger partial charge in [0.25, 0.3) is 11.8 Å². The van der Waals surface area contributed by atoms with E-state index in [4.69, 9.17) is 18.9 Å². The van der Waals surface area contributed by atoms with Crippen molar-refractivity contribution in [3.8, 4) is 34.3 Å². The van der Waals surface area contributed by atoms with E-state index in [-0.39, 0.29) is 19.3 Å². The number of nitrogens with one attached hydrogen (secondary N) is 1. The fraction of sp³-hybridized carbons (Fsp3) is 0.296. The number of aromatic nitrogens is 1. The van der Waals surface area contributed by atoms with Crippen LogP contribution in [0.5, 0.6) is 23.1 Å². The number of carbonyl (C=O) groups excluding carboxylic acids is 1. The van der Waals surface area contributed by atoms with E-state index in [1.807, 2.05) is 24.5 Å². The van der Waals surface area contributed by atoms with Crippen LogP contribution in [0.4, 0.5) is 0 Å². The summed E-state index contributed by atoms with van der Waals surface area (Å²) in [5, 5.41) is 12.2. The number of carbonyl (C=O) groups is 2. The van der Waals surface area contributed by atoms with Gasteiger partial charge < -0.3 is 29.4 Å². The fourth-order valence-electron chi connectivity index (χ4n) is 3.86. The third kappa shape index (κ3) is 6.45. The maximum atomic E-state index is 13.2. The van der Waals surface area contributed by atoms with Crippen LogP contribution < -0.4 is 24.3 Å². The molecule has 2 atom stereocenters. The fourth-order valence-corrected chi connectivity index (χ4v) is 4.33. The molecule has 194 valence electrons. The van der Waals surface area contributed by atoms with Gasteiger partial charge in [0.15, 0.2) is 11.9 Å². The van der Waals surface area contributed by atoms with Gasteiger partial charge in [-0.2, -0.15) is 11.8 Å². The zero-order chi connectivity index (χ0) is 26.2. The van der Waals surface area contributed by atoms with E-state index in [1.165, 1.54) is 11.8 Å². The molecular formula is C27H28N2O7S. The van der Waals surface area contributed by atoms with Crippen LogP contribution in [0.3, 0.4) is 0 Å². The smallest absolute Gasteiger partial charge is 0.326 e. The second kappa shape index (κ2) is 12.4. The quantitative estimate of drug-likeness (QED) is 0.385. The number of rotatable bonds is 11. The molecule has 0 unspecified atom stereocenters. The van der Waals surface area contributed by atoms with Crippen molar-refractivity contribution in [3.05, 3.63) is 66.4 Å². The van der Waals surface area contributed by atoms with Crippen molar-refractivity contribution in [1.29, 1.82) is 0 Å². The molecule has 0 saturated heterocycles. The van der Waals surface area contributed by atoms with E-state index in [0.717, 1.165) is 0 Å². The Balaban J connectivity index is 1.58. The van der Waals surface area contributed by atoms with Gasteiger partial charge in [0.1, 0.15) is 30.8 Å². The van der Waals surface area contributed by atoms with Crippen LogP contribution in [0.1, 0.15) is 16.8 Å². The van der Waals surface area contributed by atoms with E-state index in [0.29, 0.717) is 52.0 Å². The van der Waals surface area contributed by atoms with Crippen molar-refractivity contribution in [1.82, 2.24) is 10.3 Å². The van der Waals surface area contributed by atoms with Gasteiger partial charge in [0.2, 0.25) is 0 Å². The number of benzene rings is 2. The Hall–Kier alpha value is -3.92. The number of hydrogen-bond donors (Lipinski definition) is 2. The van der Waals surface area contributed by atoms with Crippen molar-refractivity contribution >= 4 is 23.6 Å². The van der Waals surface area contributed by atoms with Gasteiger partial charge in [-0.3, -0.25) is 4.79 Å². The highest BCUT2D eigenvalue weighted by molar-refractivity contribution is 7.98. The van der Waals surface area contributed by atoms with Crippen molar-refractivity contribution < 1.29 is 33.6 Å². The molecule has 0 spiro atoms. The first-order valence-electron chi connectivity index (χ1n) is 11.7. The molecule has 0 fully saturated rings. The first-order valence-corrected chi connectivity index (χ1v) is 13.1. The Kier molecular flexibility index (Phi) is 8.73. The van der Waals surface area contributed by atoms with Gasteiger partial charge in [-0.25, -0.2) is 9.78 Å². The number of methoxy groups -OCH3 is 1. The molecule has 1 aliphatic rings. The number of carboxylic acid groups (broad SMARTS) is 1. The number of ether oxygens (including phenoxy) is 4. The largest absolute Gasteiger partial charge is 0.496 e. The first kappa shape index (κ1) is 26.2. The molecular weight excluding hydrogens is 496 g/mol. The molecule has 10 heteroatoms. The lowest BCUT2D eigenvalue weighted by atomic mass is 9.97. The van der Waals surface area contributed by atoms with E-state index >= 15 is 0 Å². The Labute approximate surface area is 219 Å². The molecule has 0 saturated carbocycles. The minimum Gasteiger partial charge on any atom is -0.496 e. The summed E-state index contributed by atoms with van der Waals surface area (Å²) in [6, 6.07) is 14.9. The van der Waals surface area contributed by atoms with Crippen LogP contribution >= 0.6 is 11.8 Å². The topological polar surface area (TPSA) is 116 Å². The number of amides is 1. The minimum absolute atomic E-state index is 0.209. The lowest BCUT2D eigenvalue weighted by Crippen LogP contribution is -2.41. The maximum Gasteiger partial charge on any atom is 0.326 e. The Bertz CT molecular complexity index is 1250. The second-order valence-electron chi connectivity index (χ2n) is 8.22. The molecule has 37 heavy (non-hydrogen) atoms. The van der Waals surface area contributed by atoms with Crippen LogP contribution in [0.25, 0.3) is 11.1 Å². The molecule has 9 nitrogen and oxygen atoms in total. The number of carboxylic acids is 1. The molecule has 2 aromatic carbocycles. The van der Waals surface area contributed by atoms with E-state index in [9.17, 15) is 14.7 Å². The van der Waals surface area contributed by atoms with Crippen molar-refractivity contribution in [2.45, 2.75) is 18.6 Å². The molecule has 2 N–H and O–H groups in total. The van der Waals surface area contributed by atoms with E-state index < -0.39 is 17.9 Å². The molecule has 1 amide bonds. The average molecular weight is 525 g/mol. The highest BCUT2D eigenvalue weighted by Crippen LogP contribution is 2.35. The predicted octanol–water partition coefficient (Wildman–Crippen LogP) is 3.91. The summed E-state index contributed by atoms with van der Waals surface area (Å²) in [7, 11) is 1.55. The molecule has 1 aliphatic heterocycles. The summed E-state index contributed by atoms with van der Waals surface area (Å²) in [5.41, 5.74) is 1.54. The van der Waals surface area contributed by atoms with Crippen molar-refractivity contribution in [3.63, 3.8) is 0 Å². The zero-order valence-electron chi connectivity index (χ0n) is 20.5. The number of para-hydroxylation sites is 1. The molecule has 2 heterocycles. The van der Waals surface area contributed by atoms with Crippen molar-refractivity contribution in [2.24, 2.45) is 0 Å².